The van der Waals surface area contributed by atoms with E-state index in [4.69, 9.17) is 23.2 Å². The maximum absolute atomic E-state index is 10.6. The first-order chi connectivity index (χ1) is 15.3. The molecule has 0 aliphatic heterocycles. The van der Waals surface area contributed by atoms with Gasteiger partial charge in [-0.25, -0.2) is 4.79 Å². The van der Waals surface area contributed by atoms with E-state index in [0.29, 0.717) is 12.3 Å². The van der Waals surface area contributed by atoms with Gasteiger partial charge in [0.1, 0.15) is 5.71 Å². The number of nitrogens with zero attached hydrogens (tertiary/aromatic N) is 1. The fourth-order valence-corrected chi connectivity index (χ4v) is 2.38. The van der Waals surface area contributed by atoms with Crippen LogP contribution in [0.1, 0.15) is 59.6 Å². The molecule has 176 valence electrons. The van der Waals surface area contributed by atoms with Crippen molar-refractivity contribution < 1.29 is 9.53 Å². The van der Waals surface area contributed by atoms with E-state index in [9.17, 15) is 4.79 Å². The molecule has 0 spiro atoms. The minimum atomic E-state index is -0.333. The van der Waals surface area contributed by atoms with Crippen molar-refractivity contribution in [2.45, 2.75) is 48.5 Å². The number of rotatable bonds is 5. The van der Waals surface area contributed by atoms with Crippen molar-refractivity contribution >= 4 is 46.0 Å². The second-order valence-electron chi connectivity index (χ2n) is 5.90. The number of aliphatic imine (C=N–C) groups is 1. The third-order valence-electron chi connectivity index (χ3n) is 3.81. The van der Waals surface area contributed by atoms with E-state index in [2.05, 4.69) is 29.3 Å². The van der Waals surface area contributed by atoms with Crippen molar-refractivity contribution in [2.75, 3.05) is 13.7 Å². The zero-order valence-corrected chi connectivity index (χ0v) is 22.1. The largest absolute Gasteiger partial charge is 0.462 e. The highest BCUT2D eigenvalue weighted by molar-refractivity contribution is 6.35. The van der Waals surface area contributed by atoms with E-state index >= 15 is 0 Å². The van der Waals surface area contributed by atoms with Gasteiger partial charge in [-0.2, -0.15) is 0 Å². The topological polar surface area (TPSA) is 38.7 Å². The van der Waals surface area contributed by atoms with Crippen LogP contribution in [0, 0.1) is 0 Å². The molecule has 0 aliphatic rings. The molecular weight excluding hydrogens is 441 g/mol. The van der Waals surface area contributed by atoms with E-state index < -0.39 is 0 Å². The molecule has 0 amide bonds. The van der Waals surface area contributed by atoms with Gasteiger partial charge in [-0.05, 0) is 67.3 Å². The Morgan fingerprint density at radius 1 is 0.906 bits per heavy atom. The predicted molar refractivity (Wildman–Crippen MR) is 144 cm³/mol. The van der Waals surface area contributed by atoms with Gasteiger partial charge < -0.3 is 4.74 Å². The smallest absolute Gasteiger partial charge is 0.351 e. The Morgan fingerprint density at radius 2 is 1.31 bits per heavy atom. The van der Waals surface area contributed by atoms with Crippen LogP contribution >= 0.6 is 23.2 Å². The number of allylic oxidation sites excluding steroid dienone is 3. The first kappa shape index (κ1) is 31.8. The van der Waals surface area contributed by atoms with Gasteiger partial charge in [0.25, 0.3) is 0 Å². The second-order valence-corrected chi connectivity index (χ2v) is 6.77. The summed E-state index contributed by atoms with van der Waals surface area (Å²) < 4.78 is 4.62. The summed E-state index contributed by atoms with van der Waals surface area (Å²) in [5.74, 6) is -0.333. The third-order valence-corrected chi connectivity index (χ3v) is 4.32. The van der Waals surface area contributed by atoms with Gasteiger partial charge in [0.15, 0.2) is 0 Å². The van der Waals surface area contributed by atoms with Gasteiger partial charge in [0, 0.05) is 17.1 Å². The number of esters is 1. The Labute approximate surface area is 204 Å². The number of carbonyl (C=O) groups is 1. The molecule has 0 N–H and O–H groups in total. The van der Waals surface area contributed by atoms with Crippen molar-refractivity contribution in [2.24, 2.45) is 4.99 Å². The second kappa shape index (κ2) is 19.3. The van der Waals surface area contributed by atoms with Crippen LogP contribution in [-0.4, -0.2) is 25.3 Å². The van der Waals surface area contributed by atoms with Crippen molar-refractivity contribution in [3.05, 3.63) is 82.4 Å². The molecule has 0 fully saturated rings. The summed E-state index contributed by atoms with van der Waals surface area (Å²) >= 11 is 11.8. The maximum Gasteiger partial charge on any atom is 0.351 e. The average molecular weight is 479 g/mol. The molecule has 0 heterocycles. The van der Waals surface area contributed by atoms with Crippen molar-refractivity contribution in [3.8, 4) is 0 Å². The normalized spacial score (nSPS) is 10.3. The summed E-state index contributed by atoms with van der Waals surface area (Å²) in [5.41, 5.74) is 4.73. The molecule has 0 aliphatic carbocycles. The standard InChI is InChI=1S/C17H14Cl2.C6H11NO2.2C2H6/c1-12(14-3-7-16(18)8-4-14)11-13(2)15-5-9-17(19)10-6-15;1-4-9-6(8)5(2)7-3;2*1-2/h3-11H,1H2,2H3;4H2,1-3H3;2*1-2H3/b13-11+;;;. The summed E-state index contributed by atoms with van der Waals surface area (Å²) in [5, 5.41) is 1.48. The fourth-order valence-electron chi connectivity index (χ4n) is 2.13. The van der Waals surface area contributed by atoms with Crippen LogP contribution in [0.15, 0.2) is 66.2 Å². The van der Waals surface area contributed by atoms with Crippen molar-refractivity contribution in [1.29, 1.82) is 0 Å². The SMILES string of the molecule is C=C(/C=C(\C)c1ccc(Cl)cc1)c1ccc(Cl)cc1.CC.CC.CCOC(=O)C(C)=NC. The highest BCUT2D eigenvalue weighted by atomic mass is 35.5. The minimum Gasteiger partial charge on any atom is -0.462 e. The van der Waals surface area contributed by atoms with Gasteiger partial charge in [0.05, 0.1) is 6.61 Å². The van der Waals surface area contributed by atoms with Crippen LogP contribution in [-0.2, 0) is 9.53 Å². The third kappa shape index (κ3) is 13.1. The molecule has 0 saturated carbocycles. The lowest BCUT2D eigenvalue weighted by atomic mass is 10.0. The Morgan fingerprint density at radius 3 is 1.69 bits per heavy atom. The van der Waals surface area contributed by atoms with Crippen LogP contribution < -0.4 is 0 Å². The first-order valence-corrected chi connectivity index (χ1v) is 11.5. The zero-order chi connectivity index (χ0) is 25.1. The first-order valence-electron chi connectivity index (χ1n) is 10.8. The molecule has 0 bridgehead atoms. The van der Waals surface area contributed by atoms with Crippen LogP contribution in [0.4, 0.5) is 0 Å². The molecule has 2 rings (SSSR count). The minimum absolute atomic E-state index is 0.333. The lowest BCUT2D eigenvalue weighted by Gasteiger charge is -2.05. The van der Waals surface area contributed by atoms with E-state index in [0.717, 1.165) is 32.3 Å². The molecule has 5 heteroatoms. The van der Waals surface area contributed by atoms with E-state index in [1.54, 1.807) is 20.9 Å². The fraction of sp³-hybridized carbons (Fsp3) is 0.333. The van der Waals surface area contributed by atoms with Gasteiger partial charge >= 0.3 is 5.97 Å². The van der Waals surface area contributed by atoms with E-state index in [-0.39, 0.29) is 5.97 Å². The van der Waals surface area contributed by atoms with E-state index in [1.807, 2.05) is 76.2 Å². The molecule has 0 aromatic heterocycles. The van der Waals surface area contributed by atoms with Crippen LogP contribution in [0.25, 0.3) is 11.1 Å². The molecule has 32 heavy (non-hydrogen) atoms. The molecule has 0 atom stereocenters. The molecule has 2 aromatic carbocycles. The number of hydrogen-bond donors (Lipinski definition) is 0. The molecule has 0 unspecified atom stereocenters. The Balaban J connectivity index is 0. The predicted octanol–water partition coefficient (Wildman–Crippen LogP) is 8.80. The molecule has 3 nitrogen and oxygen atoms in total. The number of hydrogen-bond acceptors (Lipinski definition) is 3. The molecule has 0 radical (unpaired) electrons. The van der Waals surface area contributed by atoms with Crippen LogP contribution in [0.3, 0.4) is 0 Å². The van der Waals surface area contributed by atoms with Gasteiger partial charge in [-0.3, -0.25) is 4.99 Å². The summed E-state index contributed by atoms with van der Waals surface area (Å²) in [6, 6.07) is 15.5. The van der Waals surface area contributed by atoms with Gasteiger partial charge in [-0.15, -0.1) is 0 Å². The van der Waals surface area contributed by atoms with Crippen LogP contribution in [0.5, 0.6) is 0 Å². The maximum atomic E-state index is 10.6. The zero-order valence-electron chi connectivity index (χ0n) is 20.6. The molecule has 2 aromatic rings. The van der Waals surface area contributed by atoms with Crippen molar-refractivity contribution in [3.63, 3.8) is 0 Å². The summed E-state index contributed by atoms with van der Waals surface area (Å²) in [6.45, 7) is 17.9. The molecule has 0 saturated heterocycles. The lowest BCUT2D eigenvalue weighted by molar-refractivity contribution is -0.135. The average Bonchev–Trinajstić information content (AvgIpc) is 2.82. The van der Waals surface area contributed by atoms with Crippen molar-refractivity contribution in [1.82, 2.24) is 0 Å². The van der Waals surface area contributed by atoms with E-state index in [1.165, 1.54) is 0 Å². The molecular formula is C27H37Cl2NO2. The van der Waals surface area contributed by atoms with Gasteiger partial charge in [-0.1, -0.05) is 87.8 Å². The Hall–Kier alpha value is -2.36. The van der Waals surface area contributed by atoms with Gasteiger partial charge in [0.2, 0.25) is 0 Å². The number of halogens is 2. The Kier molecular flexibility index (Phi) is 19.2. The number of carbonyl (C=O) groups excluding carboxylic acids is 1. The van der Waals surface area contributed by atoms with Crippen LogP contribution in [0.2, 0.25) is 10.0 Å². The summed E-state index contributed by atoms with van der Waals surface area (Å²) in [4.78, 5) is 14.3. The monoisotopic (exact) mass is 477 g/mol. The quantitative estimate of drug-likeness (QED) is 0.245. The highest BCUT2D eigenvalue weighted by Gasteiger charge is 2.02. The Bertz CT molecular complexity index is 852. The highest BCUT2D eigenvalue weighted by Crippen LogP contribution is 2.23. The summed E-state index contributed by atoms with van der Waals surface area (Å²) in [6.07, 6.45) is 2.06. The summed E-state index contributed by atoms with van der Waals surface area (Å²) in [7, 11) is 1.56. The number of ether oxygens (including phenoxy) is 1. The lowest BCUT2D eigenvalue weighted by Crippen LogP contribution is -2.13. The number of benzene rings is 2.